The van der Waals surface area contributed by atoms with E-state index in [2.05, 4.69) is 51.7 Å². The van der Waals surface area contributed by atoms with Gasteiger partial charge in [0.25, 0.3) is 0 Å². The molecule has 20 heavy (non-hydrogen) atoms. The number of nitrogens with one attached hydrogen (secondary N) is 1. The molecule has 0 bridgehead atoms. The van der Waals surface area contributed by atoms with Gasteiger partial charge in [-0.3, -0.25) is 0 Å². The van der Waals surface area contributed by atoms with Gasteiger partial charge in [-0.1, -0.05) is 20.3 Å². The van der Waals surface area contributed by atoms with E-state index in [1.807, 2.05) is 18.7 Å². The normalized spacial score (nSPS) is 12.7. The Morgan fingerprint density at radius 1 is 1.20 bits per heavy atom. The van der Waals surface area contributed by atoms with Crippen LogP contribution in [0, 0.1) is 0 Å². The number of hydrogen-bond acceptors (Lipinski definition) is 2. The molecule has 0 fully saturated rings. The molecule has 0 spiro atoms. The Kier molecular flexibility index (Phi) is 5.87. The smallest absolute Gasteiger partial charge is 0.0945 e. The molecular weight excluding hydrogens is 248 g/mol. The average Bonchev–Trinajstić information content (AvgIpc) is 3.10. The van der Waals surface area contributed by atoms with Crippen LogP contribution in [0.5, 0.6) is 0 Å². The molecule has 0 amide bonds. The molecule has 4 nitrogen and oxygen atoms in total. The van der Waals surface area contributed by atoms with Crippen LogP contribution in [0.4, 0.5) is 0 Å². The van der Waals surface area contributed by atoms with Gasteiger partial charge in [-0.15, -0.1) is 0 Å². The zero-order chi connectivity index (χ0) is 14.2. The second kappa shape index (κ2) is 7.90. The summed E-state index contributed by atoms with van der Waals surface area (Å²) in [7, 11) is 0. The maximum absolute atomic E-state index is 4.06. The summed E-state index contributed by atoms with van der Waals surface area (Å²) < 4.78 is 4.43. The maximum atomic E-state index is 4.06. The molecule has 2 heterocycles. The molecule has 1 unspecified atom stereocenters. The fourth-order valence-electron chi connectivity index (χ4n) is 2.58. The third-order valence-corrected chi connectivity index (χ3v) is 3.60. The van der Waals surface area contributed by atoms with E-state index < -0.39 is 0 Å². The van der Waals surface area contributed by atoms with Crippen molar-refractivity contribution < 1.29 is 0 Å². The van der Waals surface area contributed by atoms with E-state index in [1.54, 1.807) is 0 Å². The summed E-state index contributed by atoms with van der Waals surface area (Å²) in [5, 5.41) is 3.57. The summed E-state index contributed by atoms with van der Waals surface area (Å²) in [5.74, 6) is 0. The predicted octanol–water partition coefficient (Wildman–Crippen LogP) is 3.23. The van der Waals surface area contributed by atoms with Crippen molar-refractivity contribution in [3.8, 4) is 0 Å². The fraction of sp³-hybridized carbons (Fsp3) is 0.562. The topological polar surface area (TPSA) is 34.8 Å². The van der Waals surface area contributed by atoms with Gasteiger partial charge in [0.2, 0.25) is 0 Å². The first kappa shape index (κ1) is 14.9. The van der Waals surface area contributed by atoms with Gasteiger partial charge >= 0.3 is 0 Å². The van der Waals surface area contributed by atoms with Crippen molar-refractivity contribution >= 4 is 0 Å². The summed E-state index contributed by atoms with van der Waals surface area (Å²) in [5.41, 5.74) is 1.41. The second-order valence-corrected chi connectivity index (χ2v) is 5.24. The first-order valence-electron chi connectivity index (χ1n) is 7.68. The summed E-state index contributed by atoms with van der Waals surface area (Å²) in [6.07, 6.45) is 13.8. The highest BCUT2D eigenvalue weighted by Gasteiger charge is 2.10. The van der Waals surface area contributed by atoms with E-state index in [4.69, 9.17) is 0 Å². The molecule has 4 heteroatoms. The van der Waals surface area contributed by atoms with Crippen molar-refractivity contribution in [3.63, 3.8) is 0 Å². The van der Waals surface area contributed by atoms with E-state index in [9.17, 15) is 0 Å². The minimum atomic E-state index is 0.500. The van der Waals surface area contributed by atoms with Crippen LogP contribution in [0.25, 0.3) is 0 Å². The molecule has 0 aromatic carbocycles. The minimum Gasteiger partial charge on any atom is -0.354 e. The SMILES string of the molecule is CCCC(NCC)c1ccn(CCCn2ccnc2)c1. The Labute approximate surface area is 121 Å². The van der Waals surface area contributed by atoms with E-state index in [1.165, 1.54) is 18.4 Å². The number of aryl methyl sites for hydroxylation is 2. The Morgan fingerprint density at radius 3 is 2.75 bits per heavy atom. The Bertz CT molecular complexity index is 466. The summed E-state index contributed by atoms with van der Waals surface area (Å²) in [4.78, 5) is 4.06. The van der Waals surface area contributed by atoms with Crippen molar-refractivity contribution in [2.24, 2.45) is 0 Å². The number of rotatable bonds is 9. The quantitative estimate of drug-likeness (QED) is 0.762. The molecule has 2 aromatic rings. The van der Waals surface area contributed by atoms with E-state index in [-0.39, 0.29) is 0 Å². The Hall–Kier alpha value is -1.55. The molecule has 1 atom stereocenters. The first-order valence-corrected chi connectivity index (χ1v) is 7.68. The molecule has 0 saturated heterocycles. The van der Waals surface area contributed by atoms with Crippen LogP contribution < -0.4 is 5.32 Å². The van der Waals surface area contributed by atoms with Gasteiger partial charge in [0, 0.05) is 43.9 Å². The van der Waals surface area contributed by atoms with E-state index in [0.717, 1.165) is 26.1 Å². The van der Waals surface area contributed by atoms with Gasteiger partial charge in [-0.2, -0.15) is 0 Å². The lowest BCUT2D eigenvalue weighted by Gasteiger charge is -2.15. The molecule has 0 saturated carbocycles. The first-order chi connectivity index (χ1) is 9.83. The molecular formula is C16H26N4. The van der Waals surface area contributed by atoms with Crippen LogP contribution >= 0.6 is 0 Å². The lowest BCUT2D eigenvalue weighted by molar-refractivity contribution is 0.506. The number of aromatic nitrogens is 3. The van der Waals surface area contributed by atoms with E-state index >= 15 is 0 Å². The third-order valence-electron chi connectivity index (χ3n) is 3.60. The van der Waals surface area contributed by atoms with Gasteiger partial charge < -0.3 is 14.5 Å². The van der Waals surface area contributed by atoms with Gasteiger partial charge in [0.15, 0.2) is 0 Å². The van der Waals surface area contributed by atoms with Crippen molar-refractivity contribution in [1.29, 1.82) is 0 Å². The molecule has 2 rings (SSSR count). The monoisotopic (exact) mass is 274 g/mol. The van der Waals surface area contributed by atoms with Gasteiger partial charge in [-0.05, 0) is 31.0 Å². The summed E-state index contributed by atoms with van der Waals surface area (Å²) >= 11 is 0. The zero-order valence-electron chi connectivity index (χ0n) is 12.6. The molecule has 110 valence electrons. The largest absolute Gasteiger partial charge is 0.354 e. The Morgan fingerprint density at radius 2 is 2.05 bits per heavy atom. The third kappa shape index (κ3) is 4.23. The average molecular weight is 274 g/mol. The van der Waals surface area contributed by atoms with Crippen LogP contribution in [0.1, 0.15) is 44.7 Å². The highest BCUT2D eigenvalue weighted by Crippen LogP contribution is 2.18. The number of nitrogens with zero attached hydrogens (tertiary/aromatic N) is 3. The second-order valence-electron chi connectivity index (χ2n) is 5.24. The standard InChI is InChI=1S/C16H26N4/c1-3-6-16(18-4-2)15-7-11-19(13-15)9-5-10-20-12-8-17-14-20/h7-8,11-14,16,18H,3-6,9-10H2,1-2H3. The molecule has 1 N–H and O–H groups in total. The van der Waals surface area contributed by atoms with Crippen molar-refractivity contribution in [2.45, 2.75) is 52.2 Å². The van der Waals surface area contributed by atoms with Crippen LogP contribution in [0.3, 0.4) is 0 Å². The van der Waals surface area contributed by atoms with Gasteiger partial charge in [0.05, 0.1) is 6.33 Å². The predicted molar refractivity (Wildman–Crippen MR) is 82.6 cm³/mol. The van der Waals surface area contributed by atoms with Crippen LogP contribution in [0.15, 0.2) is 37.2 Å². The highest BCUT2D eigenvalue weighted by atomic mass is 15.0. The van der Waals surface area contributed by atoms with Gasteiger partial charge in [-0.25, -0.2) is 4.98 Å². The number of hydrogen-bond donors (Lipinski definition) is 1. The van der Waals surface area contributed by atoms with Crippen LogP contribution in [-0.4, -0.2) is 20.7 Å². The lowest BCUT2D eigenvalue weighted by atomic mass is 10.1. The maximum Gasteiger partial charge on any atom is 0.0945 e. The highest BCUT2D eigenvalue weighted by molar-refractivity contribution is 5.15. The van der Waals surface area contributed by atoms with Crippen molar-refractivity contribution in [2.75, 3.05) is 6.54 Å². The van der Waals surface area contributed by atoms with Crippen LogP contribution in [0.2, 0.25) is 0 Å². The van der Waals surface area contributed by atoms with Crippen molar-refractivity contribution in [1.82, 2.24) is 19.4 Å². The fourth-order valence-corrected chi connectivity index (χ4v) is 2.58. The van der Waals surface area contributed by atoms with Crippen molar-refractivity contribution in [3.05, 3.63) is 42.7 Å². The summed E-state index contributed by atoms with van der Waals surface area (Å²) in [6.45, 7) is 7.52. The van der Waals surface area contributed by atoms with E-state index in [0.29, 0.717) is 6.04 Å². The summed E-state index contributed by atoms with van der Waals surface area (Å²) in [6, 6.07) is 2.75. The molecule has 0 aliphatic rings. The minimum absolute atomic E-state index is 0.500. The zero-order valence-corrected chi connectivity index (χ0v) is 12.6. The number of imidazole rings is 1. The van der Waals surface area contributed by atoms with Gasteiger partial charge in [0.1, 0.15) is 0 Å². The molecule has 0 aliphatic heterocycles. The van der Waals surface area contributed by atoms with Crippen LogP contribution in [-0.2, 0) is 13.1 Å². The lowest BCUT2D eigenvalue weighted by Crippen LogP contribution is -2.20. The molecule has 0 radical (unpaired) electrons. The Balaban J connectivity index is 1.84. The molecule has 0 aliphatic carbocycles. The molecule has 2 aromatic heterocycles.